The number of aryl methyl sites for hydroxylation is 3. The molecule has 2 rings (SSSR count). The molecule has 23 heavy (non-hydrogen) atoms. The van der Waals surface area contributed by atoms with Gasteiger partial charge in [0.05, 0.1) is 12.4 Å². The molecule has 1 amide bonds. The number of thioether (sulfide) groups is 1. The van der Waals surface area contributed by atoms with E-state index in [-0.39, 0.29) is 11.2 Å². The Morgan fingerprint density at radius 1 is 1.13 bits per heavy atom. The van der Waals surface area contributed by atoms with Crippen LogP contribution in [0.1, 0.15) is 23.6 Å². The van der Waals surface area contributed by atoms with E-state index in [1.165, 1.54) is 17.3 Å². The summed E-state index contributed by atoms with van der Waals surface area (Å²) in [5.74, 6) is 0.806. The van der Waals surface area contributed by atoms with E-state index in [2.05, 4.69) is 24.4 Å². The van der Waals surface area contributed by atoms with Crippen LogP contribution in [-0.4, -0.2) is 18.3 Å². The van der Waals surface area contributed by atoms with E-state index in [4.69, 9.17) is 4.74 Å². The van der Waals surface area contributed by atoms with E-state index in [1.54, 1.807) is 7.11 Å². The Hall–Kier alpha value is -1.94. The van der Waals surface area contributed by atoms with Crippen molar-refractivity contribution in [2.45, 2.75) is 37.8 Å². The predicted molar refractivity (Wildman–Crippen MR) is 97.6 cm³/mol. The lowest BCUT2D eigenvalue weighted by atomic mass is 10.1. The molecule has 0 aromatic heterocycles. The van der Waals surface area contributed by atoms with E-state index in [9.17, 15) is 4.79 Å². The highest BCUT2D eigenvalue weighted by atomic mass is 32.2. The summed E-state index contributed by atoms with van der Waals surface area (Å²) in [5, 5.41) is 2.87. The standard InChI is InChI=1S/C19H23NO2S/c1-12-9-13(2)18(14(3)10-12)20-19(21)15(4)23-17-8-6-7-16(11-17)22-5/h6-11,15H,1-5H3,(H,20,21). The monoisotopic (exact) mass is 329 g/mol. The Morgan fingerprint density at radius 3 is 2.39 bits per heavy atom. The zero-order chi connectivity index (χ0) is 17.0. The number of rotatable bonds is 5. The average molecular weight is 329 g/mol. The van der Waals surface area contributed by atoms with Crippen LogP contribution in [0.15, 0.2) is 41.3 Å². The molecule has 0 bridgehead atoms. The zero-order valence-corrected chi connectivity index (χ0v) is 15.1. The molecule has 0 saturated carbocycles. The Kier molecular flexibility index (Phi) is 5.72. The fourth-order valence-corrected chi connectivity index (χ4v) is 3.45. The Balaban J connectivity index is 2.08. The third kappa shape index (κ3) is 4.52. The third-order valence-electron chi connectivity index (χ3n) is 3.65. The van der Waals surface area contributed by atoms with Gasteiger partial charge in [-0.25, -0.2) is 0 Å². The fourth-order valence-electron chi connectivity index (χ4n) is 2.53. The van der Waals surface area contributed by atoms with Gasteiger partial charge >= 0.3 is 0 Å². The largest absolute Gasteiger partial charge is 0.497 e. The topological polar surface area (TPSA) is 38.3 Å². The first kappa shape index (κ1) is 17.4. The van der Waals surface area contributed by atoms with Crippen LogP contribution in [0.5, 0.6) is 5.75 Å². The average Bonchev–Trinajstić information content (AvgIpc) is 2.50. The molecular weight excluding hydrogens is 306 g/mol. The van der Waals surface area contributed by atoms with Crippen LogP contribution < -0.4 is 10.1 Å². The molecule has 2 aromatic carbocycles. The summed E-state index contributed by atoms with van der Waals surface area (Å²) in [7, 11) is 1.64. The summed E-state index contributed by atoms with van der Waals surface area (Å²) >= 11 is 1.52. The Labute approximate surface area is 142 Å². The first-order chi connectivity index (χ1) is 10.9. The minimum absolute atomic E-state index is 0.00729. The molecule has 0 radical (unpaired) electrons. The highest BCUT2D eigenvalue weighted by Crippen LogP contribution is 2.28. The molecule has 0 saturated heterocycles. The molecule has 0 aliphatic carbocycles. The van der Waals surface area contributed by atoms with E-state index in [0.717, 1.165) is 27.5 Å². The minimum atomic E-state index is -0.192. The second kappa shape index (κ2) is 7.55. The maximum atomic E-state index is 12.5. The number of nitrogens with one attached hydrogen (secondary N) is 1. The zero-order valence-electron chi connectivity index (χ0n) is 14.3. The first-order valence-electron chi connectivity index (χ1n) is 7.60. The summed E-state index contributed by atoms with van der Waals surface area (Å²) in [5.41, 5.74) is 4.30. The number of benzene rings is 2. The summed E-state index contributed by atoms with van der Waals surface area (Å²) in [4.78, 5) is 13.5. The maximum absolute atomic E-state index is 12.5. The molecule has 1 atom stereocenters. The van der Waals surface area contributed by atoms with Gasteiger partial charge in [0, 0.05) is 10.6 Å². The molecule has 0 aliphatic rings. The molecule has 2 aromatic rings. The van der Waals surface area contributed by atoms with Gasteiger partial charge in [0.15, 0.2) is 0 Å². The lowest BCUT2D eigenvalue weighted by Crippen LogP contribution is -2.23. The van der Waals surface area contributed by atoms with Crippen molar-refractivity contribution in [3.8, 4) is 5.75 Å². The lowest BCUT2D eigenvalue weighted by Gasteiger charge is -2.16. The quantitative estimate of drug-likeness (QED) is 0.805. The molecule has 0 aliphatic heterocycles. The molecule has 1 unspecified atom stereocenters. The van der Waals surface area contributed by atoms with Gasteiger partial charge in [-0.3, -0.25) is 4.79 Å². The van der Waals surface area contributed by atoms with Crippen molar-refractivity contribution in [1.29, 1.82) is 0 Å². The molecule has 3 nitrogen and oxygen atoms in total. The van der Waals surface area contributed by atoms with E-state index in [0.29, 0.717) is 0 Å². The third-order valence-corrected chi connectivity index (χ3v) is 4.74. The number of carbonyl (C=O) groups excluding carboxylic acids is 1. The number of methoxy groups -OCH3 is 1. The van der Waals surface area contributed by atoms with E-state index >= 15 is 0 Å². The Bertz CT molecular complexity index is 689. The molecule has 0 heterocycles. The highest BCUT2D eigenvalue weighted by molar-refractivity contribution is 8.00. The number of amides is 1. The number of hydrogen-bond donors (Lipinski definition) is 1. The molecule has 4 heteroatoms. The van der Waals surface area contributed by atoms with Crippen LogP contribution >= 0.6 is 11.8 Å². The van der Waals surface area contributed by atoms with Crippen molar-refractivity contribution in [3.63, 3.8) is 0 Å². The van der Waals surface area contributed by atoms with Crippen LogP contribution in [0.3, 0.4) is 0 Å². The highest BCUT2D eigenvalue weighted by Gasteiger charge is 2.16. The van der Waals surface area contributed by atoms with Gasteiger partial charge in [0.1, 0.15) is 5.75 Å². The molecule has 0 spiro atoms. The minimum Gasteiger partial charge on any atom is -0.497 e. The van der Waals surface area contributed by atoms with Gasteiger partial charge in [-0.2, -0.15) is 0 Å². The summed E-state index contributed by atoms with van der Waals surface area (Å²) in [6.07, 6.45) is 0. The van der Waals surface area contributed by atoms with Gasteiger partial charge in [0.2, 0.25) is 5.91 Å². The van der Waals surface area contributed by atoms with Crippen LogP contribution in [-0.2, 0) is 4.79 Å². The fraction of sp³-hybridized carbons (Fsp3) is 0.316. The lowest BCUT2D eigenvalue weighted by molar-refractivity contribution is -0.115. The van der Waals surface area contributed by atoms with Crippen molar-refractivity contribution in [3.05, 3.63) is 53.1 Å². The SMILES string of the molecule is COc1cccc(SC(C)C(=O)Nc2c(C)cc(C)cc2C)c1. The molecule has 1 N–H and O–H groups in total. The number of hydrogen-bond acceptors (Lipinski definition) is 3. The van der Waals surface area contributed by atoms with Crippen molar-refractivity contribution in [2.24, 2.45) is 0 Å². The molecular formula is C19H23NO2S. The van der Waals surface area contributed by atoms with Crippen molar-refractivity contribution < 1.29 is 9.53 Å². The Morgan fingerprint density at radius 2 is 1.78 bits per heavy atom. The first-order valence-corrected chi connectivity index (χ1v) is 8.48. The van der Waals surface area contributed by atoms with Crippen molar-refractivity contribution in [2.75, 3.05) is 12.4 Å². The van der Waals surface area contributed by atoms with Crippen molar-refractivity contribution >= 4 is 23.4 Å². The number of ether oxygens (including phenoxy) is 1. The second-order valence-electron chi connectivity index (χ2n) is 5.70. The second-order valence-corrected chi connectivity index (χ2v) is 7.12. The van der Waals surface area contributed by atoms with Gasteiger partial charge in [-0.15, -0.1) is 11.8 Å². The molecule has 122 valence electrons. The van der Waals surface area contributed by atoms with Crippen LogP contribution in [0.2, 0.25) is 0 Å². The van der Waals surface area contributed by atoms with Crippen LogP contribution in [0.4, 0.5) is 5.69 Å². The predicted octanol–water partition coefficient (Wildman–Crippen LogP) is 4.74. The van der Waals surface area contributed by atoms with Crippen LogP contribution in [0.25, 0.3) is 0 Å². The van der Waals surface area contributed by atoms with Crippen LogP contribution in [0, 0.1) is 20.8 Å². The number of carbonyl (C=O) groups is 1. The summed E-state index contributed by atoms with van der Waals surface area (Å²) < 4.78 is 5.22. The van der Waals surface area contributed by atoms with Gasteiger partial charge < -0.3 is 10.1 Å². The maximum Gasteiger partial charge on any atom is 0.237 e. The van der Waals surface area contributed by atoms with E-state index < -0.39 is 0 Å². The van der Waals surface area contributed by atoms with Gasteiger partial charge in [0.25, 0.3) is 0 Å². The molecule has 0 fully saturated rings. The number of anilines is 1. The summed E-state index contributed by atoms with van der Waals surface area (Å²) in [6.45, 7) is 8.02. The van der Waals surface area contributed by atoms with E-state index in [1.807, 2.05) is 45.0 Å². The summed E-state index contributed by atoms with van der Waals surface area (Å²) in [6, 6.07) is 11.9. The smallest absolute Gasteiger partial charge is 0.237 e. The van der Waals surface area contributed by atoms with Gasteiger partial charge in [-0.05, 0) is 57.0 Å². The normalized spacial score (nSPS) is 11.9. The van der Waals surface area contributed by atoms with Gasteiger partial charge in [-0.1, -0.05) is 23.8 Å². The van der Waals surface area contributed by atoms with Crippen molar-refractivity contribution in [1.82, 2.24) is 0 Å².